The first-order chi connectivity index (χ1) is 11.8. The number of esters is 1. The van der Waals surface area contributed by atoms with Gasteiger partial charge in [-0.2, -0.15) is 0 Å². The highest BCUT2D eigenvalue weighted by atomic mass is 35.5. The van der Waals surface area contributed by atoms with Gasteiger partial charge in [0.25, 0.3) is 5.91 Å². The van der Waals surface area contributed by atoms with Crippen LogP contribution < -0.4 is 10.1 Å². The van der Waals surface area contributed by atoms with Crippen molar-refractivity contribution in [3.63, 3.8) is 0 Å². The molecule has 1 heterocycles. The zero-order valence-corrected chi connectivity index (χ0v) is 15.1. The molecule has 1 atom stereocenters. The number of hydrogen-bond donors (Lipinski definition) is 1. The maximum atomic E-state index is 12.0. The summed E-state index contributed by atoms with van der Waals surface area (Å²) in [6.45, 7) is 2.94. The normalized spacial score (nSPS) is 11.5. The van der Waals surface area contributed by atoms with Crippen molar-refractivity contribution >= 4 is 40.9 Å². The third-order valence-electron chi connectivity index (χ3n) is 3.14. The second-order valence-electron chi connectivity index (χ2n) is 5.18. The standard InChI is InChI=1S/C17H16Cl2N2O4/c1-10-7-12(18)3-5-14(10)24-9-16(22)25-11(2)17(23)21-15-6-4-13(19)8-20-15/h3-8,11H,9H2,1-2H3,(H,20,21,23)/t11-/m1/s1. The minimum Gasteiger partial charge on any atom is -0.482 e. The molecule has 0 bridgehead atoms. The summed E-state index contributed by atoms with van der Waals surface area (Å²) >= 11 is 11.6. The van der Waals surface area contributed by atoms with E-state index in [-0.39, 0.29) is 6.61 Å². The van der Waals surface area contributed by atoms with Crippen LogP contribution in [0.15, 0.2) is 36.5 Å². The van der Waals surface area contributed by atoms with Crippen LogP contribution in [0.5, 0.6) is 5.75 Å². The van der Waals surface area contributed by atoms with Gasteiger partial charge in [-0.15, -0.1) is 0 Å². The number of pyridine rings is 1. The van der Waals surface area contributed by atoms with Crippen LogP contribution in [0.4, 0.5) is 5.82 Å². The van der Waals surface area contributed by atoms with Crippen LogP contribution in [0.1, 0.15) is 12.5 Å². The van der Waals surface area contributed by atoms with E-state index in [1.807, 2.05) is 6.92 Å². The van der Waals surface area contributed by atoms with Crippen molar-refractivity contribution in [3.05, 3.63) is 52.1 Å². The van der Waals surface area contributed by atoms with Gasteiger partial charge in [0, 0.05) is 11.2 Å². The van der Waals surface area contributed by atoms with Crippen molar-refractivity contribution in [2.24, 2.45) is 0 Å². The molecule has 1 N–H and O–H groups in total. The van der Waals surface area contributed by atoms with Crippen LogP contribution in [0.2, 0.25) is 10.0 Å². The van der Waals surface area contributed by atoms with Crippen molar-refractivity contribution in [2.45, 2.75) is 20.0 Å². The molecule has 132 valence electrons. The number of nitrogens with one attached hydrogen (secondary N) is 1. The summed E-state index contributed by atoms with van der Waals surface area (Å²) in [5, 5.41) is 3.55. The van der Waals surface area contributed by atoms with Crippen LogP contribution in [-0.4, -0.2) is 29.6 Å². The number of aryl methyl sites for hydroxylation is 1. The lowest BCUT2D eigenvalue weighted by Gasteiger charge is -2.14. The quantitative estimate of drug-likeness (QED) is 0.771. The van der Waals surface area contributed by atoms with E-state index in [4.69, 9.17) is 32.7 Å². The van der Waals surface area contributed by atoms with E-state index in [1.54, 1.807) is 30.3 Å². The molecule has 1 aromatic carbocycles. The van der Waals surface area contributed by atoms with Gasteiger partial charge < -0.3 is 14.8 Å². The van der Waals surface area contributed by atoms with E-state index < -0.39 is 18.0 Å². The summed E-state index contributed by atoms with van der Waals surface area (Å²) < 4.78 is 10.4. The molecule has 0 aliphatic carbocycles. The number of ether oxygens (including phenoxy) is 2. The Kier molecular flexibility index (Phi) is 6.61. The first kappa shape index (κ1) is 19.0. The van der Waals surface area contributed by atoms with Gasteiger partial charge in [0.1, 0.15) is 11.6 Å². The molecule has 0 saturated heterocycles. The Hall–Kier alpha value is -2.31. The summed E-state index contributed by atoms with van der Waals surface area (Å²) in [7, 11) is 0. The van der Waals surface area contributed by atoms with Gasteiger partial charge >= 0.3 is 5.97 Å². The highest BCUT2D eigenvalue weighted by Crippen LogP contribution is 2.21. The molecule has 1 amide bonds. The van der Waals surface area contributed by atoms with Crippen LogP contribution >= 0.6 is 23.2 Å². The second kappa shape index (κ2) is 8.69. The third kappa shape index (κ3) is 5.92. The van der Waals surface area contributed by atoms with Crippen molar-refractivity contribution < 1.29 is 19.1 Å². The van der Waals surface area contributed by atoms with E-state index in [1.165, 1.54) is 13.1 Å². The maximum absolute atomic E-state index is 12.0. The lowest BCUT2D eigenvalue weighted by atomic mass is 10.2. The van der Waals surface area contributed by atoms with Crippen molar-refractivity contribution in [2.75, 3.05) is 11.9 Å². The summed E-state index contributed by atoms with van der Waals surface area (Å²) in [5.74, 6) is -0.346. The lowest BCUT2D eigenvalue weighted by molar-refractivity contribution is -0.155. The van der Waals surface area contributed by atoms with E-state index in [2.05, 4.69) is 10.3 Å². The van der Waals surface area contributed by atoms with Gasteiger partial charge in [0.15, 0.2) is 12.7 Å². The monoisotopic (exact) mass is 382 g/mol. The molecule has 6 nitrogen and oxygen atoms in total. The van der Waals surface area contributed by atoms with Crippen LogP contribution in [0.25, 0.3) is 0 Å². The molecule has 0 fully saturated rings. The average Bonchev–Trinajstić information content (AvgIpc) is 2.56. The fourth-order valence-corrected chi connectivity index (χ4v) is 2.21. The maximum Gasteiger partial charge on any atom is 0.344 e. The molecule has 1 aromatic heterocycles. The fraction of sp³-hybridized carbons (Fsp3) is 0.235. The average molecular weight is 383 g/mol. The Bertz CT molecular complexity index is 766. The number of hydrogen-bond acceptors (Lipinski definition) is 5. The minimum absolute atomic E-state index is 0.310. The molecule has 0 spiro atoms. The highest BCUT2D eigenvalue weighted by molar-refractivity contribution is 6.30. The van der Waals surface area contributed by atoms with Gasteiger partial charge in [-0.05, 0) is 49.7 Å². The Morgan fingerprint density at radius 1 is 1.20 bits per heavy atom. The zero-order valence-electron chi connectivity index (χ0n) is 13.6. The van der Waals surface area contributed by atoms with E-state index >= 15 is 0 Å². The minimum atomic E-state index is -1.00. The van der Waals surface area contributed by atoms with Crippen molar-refractivity contribution in [3.8, 4) is 5.75 Å². The molecule has 8 heteroatoms. The number of anilines is 1. The van der Waals surface area contributed by atoms with Gasteiger partial charge in [0.05, 0.1) is 5.02 Å². The molecular weight excluding hydrogens is 367 g/mol. The van der Waals surface area contributed by atoms with Gasteiger partial charge in [-0.25, -0.2) is 9.78 Å². The smallest absolute Gasteiger partial charge is 0.344 e. The molecule has 0 saturated carbocycles. The zero-order chi connectivity index (χ0) is 18.4. The molecular formula is C17H16Cl2N2O4. The van der Waals surface area contributed by atoms with Gasteiger partial charge in [-0.1, -0.05) is 23.2 Å². The largest absolute Gasteiger partial charge is 0.482 e. The number of benzene rings is 1. The molecule has 2 rings (SSSR count). The molecule has 25 heavy (non-hydrogen) atoms. The Balaban J connectivity index is 1.82. The number of carbonyl (C=O) groups excluding carboxylic acids is 2. The summed E-state index contributed by atoms with van der Waals surface area (Å²) in [4.78, 5) is 27.7. The Morgan fingerprint density at radius 2 is 1.92 bits per heavy atom. The first-order valence-corrected chi connectivity index (χ1v) is 8.11. The first-order valence-electron chi connectivity index (χ1n) is 7.36. The summed E-state index contributed by atoms with van der Waals surface area (Å²) in [6.07, 6.45) is 0.399. The van der Waals surface area contributed by atoms with E-state index in [9.17, 15) is 9.59 Å². The van der Waals surface area contributed by atoms with Crippen molar-refractivity contribution in [1.29, 1.82) is 0 Å². The molecule has 0 aliphatic rings. The van der Waals surface area contributed by atoms with E-state index in [0.29, 0.717) is 21.6 Å². The fourth-order valence-electron chi connectivity index (χ4n) is 1.87. The molecule has 2 aromatic rings. The van der Waals surface area contributed by atoms with Gasteiger partial charge in [0.2, 0.25) is 0 Å². The summed E-state index contributed by atoms with van der Waals surface area (Å²) in [6, 6.07) is 8.17. The Labute approximate surface area is 155 Å². The molecule has 0 radical (unpaired) electrons. The number of halogens is 2. The van der Waals surface area contributed by atoms with Crippen LogP contribution in [0, 0.1) is 6.92 Å². The molecule has 0 aliphatic heterocycles. The predicted octanol–water partition coefficient (Wildman–Crippen LogP) is 3.65. The lowest BCUT2D eigenvalue weighted by Crippen LogP contribution is -2.32. The number of amides is 1. The second-order valence-corrected chi connectivity index (χ2v) is 6.05. The number of nitrogens with zero attached hydrogens (tertiary/aromatic N) is 1. The van der Waals surface area contributed by atoms with Crippen LogP contribution in [0.3, 0.4) is 0 Å². The molecule has 0 unspecified atom stereocenters. The summed E-state index contributed by atoms with van der Waals surface area (Å²) in [5.41, 5.74) is 0.792. The predicted molar refractivity (Wildman–Crippen MR) is 95.1 cm³/mol. The highest BCUT2D eigenvalue weighted by Gasteiger charge is 2.19. The van der Waals surface area contributed by atoms with E-state index in [0.717, 1.165) is 5.56 Å². The van der Waals surface area contributed by atoms with Crippen molar-refractivity contribution in [1.82, 2.24) is 4.98 Å². The van der Waals surface area contributed by atoms with Crippen LogP contribution in [-0.2, 0) is 14.3 Å². The topological polar surface area (TPSA) is 77.5 Å². The number of rotatable bonds is 6. The number of aromatic nitrogens is 1. The van der Waals surface area contributed by atoms with Gasteiger partial charge in [-0.3, -0.25) is 4.79 Å². The third-order valence-corrected chi connectivity index (χ3v) is 3.60. The Morgan fingerprint density at radius 3 is 2.56 bits per heavy atom. The number of carbonyl (C=O) groups is 2. The SMILES string of the molecule is Cc1cc(Cl)ccc1OCC(=O)O[C@H](C)C(=O)Nc1ccc(Cl)cn1.